The number of nitrogens with one attached hydrogen (secondary N) is 2. The lowest BCUT2D eigenvalue weighted by Gasteiger charge is -2.25. The third-order valence-electron chi connectivity index (χ3n) is 7.63. The van der Waals surface area contributed by atoms with Gasteiger partial charge in [-0.1, -0.05) is 42.5 Å². The van der Waals surface area contributed by atoms with Crippen LogP contribution < -0.4 is 21.1 Å². The monoisotopic (exact) mass is 706 g/mol. The maximum absolute atomic E-state index is 14.4. The summed E-state index contributed by atoms with van der Waals surface area (Å²) in [6.07, 6.45) is 1.38. The second-order valence-electron chi connectivity index (χ2n) is 10.9. The molecule has 0 spiro atoms. The van der Waals surface area contributed by atoms with Crippen molar-refractivity contribution in [3.63, 3.8) is 0 Å². The van der Waals surface area contributed by atoms with Gasteiger partial charge in [-0.25, -0.2) is 18.2 Å². The van der Waals surface area contributed by atoms with Crippen molar-refractivity contribution in [3.05, 3.63) is 95.9 Å². The summed E-state index contributed by atoms with van der Waals surface area (Å²) in [7, 11) is -2.62. The van der Waals surface area contributed by atoms with Gasteiger partial charge >= 0.3 is 5.97 Å². The van der Waals surface area contributed by atoms with Crippen LogP contribution in [0.3, 0.4) is 0 Å². The number of esters is 1. The SMILES string of the molecule is CCOC(=O)C(CC(N)=O)NC(=O)CN(c1ccc2c(c1)nc(Cc1ccc(C(=N)N)cc1)n2C)S(=O)(=O)c1cccc2cccnc12.Cl. The zero-order valence-corrected chi connectivity index (χ0v) is 28.3. The van der Waals surface area contributed by atoms with Gasteiger partial charge < -0.3 is 26.1 Å². The van der Waals surface area contributed by atoms with E-state index in [1.165, 1.54) is 12.3 Å². The van der Waals surface area contributed by atoms with E-state index >= 15 is 0 Å². The molecule has 0 saturated carbocycles. The van der Waals surface area contributed by atoms with E-state index in [9.17, 15) is 22.8 Å². The number of hydrogen-bond donors (Lipinski definition) is 4. The van der Waals surface area contributed by atoms with E-state index < -0.39 is 46.8 Å². The second-order valence-corrected chi connectivity index (χ2v) is 12.8. The van der Waals surface area contributed by atoms with Crippen molar-refractivity contribution in [1.29, 1.82) is 5.41 Å². The van der Waals surface area contributed by atoms with E-state index in [1.807, 2.05) is 23.7 Å². The van der Waals surface area contributed by atoms with Crippen molar-refractivity contribution in [2.75, 3.05) is 17.5 Å². The Balaban J connectivity index is 0.00000541. The van der Waals surface area contributed by atoms with Crippen LogP contribution in [0.1, 0.15) is 30.3 Å². The minimum atomic E-state index is -4.46. The number of rotatable bonds is 13. The molecule has 5 rings (SSSR count). The van der Waals surface area contributed by atoms with E-state index in [-0.39, 0.29) is 40.9 Å². The molecule has 2 heterocycles. The summed E-state index contributed by atoms with van der Waals surface area (Å²) in [5, 5.41) is 10.6. The van der Waals surface area contributed by atoms with Crippen molar-refractivity contribution < 1.29 is 27.5 Å². The number of carbonyl (C=O) groups is 3. The van der Waals surface area contributed by atoms with Crippen LogP contribution in [-0.4, -0.2) is 65.8 Å². The van der Waals surface area contributed by atoms with Gasteiger partial charge in [0, 0.05) is 30.6 Å². The average Bonchev–Trinajstić information content (AvgIpc) is 3.36. The fraction of sp³-hybridized carbons (Fsp3) is 0.212. The summed E-state index contributed by atoms with van der Waals surface area (Å²) < 4.78 is 36.6. The number of imidazole rings is 1. The molecule has 16 heteroatoms. The molecule has 2 aromatic heterocycles. The van der Waals surface area contributed by atoms with E-state index in [0.29, 0.717) is 34.2 Å². The number of para-hydroxylation sites is 1. The maximum atomic E-state index is 14.4. The molecule has 6 N–H and O–H groups in total. The lowest BCUT2D eigenvalue weighted by molar-refractivity contribution is -0.148. The summed E-state index contributed by atoms with van der Waals surface area (Å²) in [5.41, 5.74) is 13.9. The van der Waals surface area contributed by atoms with Gasteiger partial charge in [0.1, 0.15) is 29.1 Å². The van der Waals surface area contributed by atoms with Crippen LogP contribution in [0.15, 0.2) is 83.9 Å². The van der Waals surface area contributed by atoms with Gasteiger partial charge in [0.2, 0.25) is 11.8 Å². The predicted molar refractivity (Wildman–Crippen MR) is 187 cm³/mol. The number of pyridine rings is 1. The molecule has 0 saturated heterocycles. The number of halogens is 1. The number of primary amides is 1. The lowest BCUT2D eigenvalue weighted by atomic mass is 10.1. The number of fused-ring (bicyclic) bond motifs is 2. The first-order valence-electron chi connectivity index (χ1n) is 14.9. The first kappa shape index (κ1) is 36.3. The number of ether oxygens (including phenoxy) is 1. The first-order valence-corrected chi connectivity index (χ1v) is 16.3. The summed E-state index contributed by atoms with van der Waals surface area (Å²) in [6.45, 7) is 0.805. The Kier molecular flexibility index (Phi) is 11.2. The van der Waals surface area contributed by atoms with Crippen LogP contribution in [0.2, 0.25) is 0 Å². The fourth-order valence-electron chi connectivity index (χ4n) is 5.26. The molecule has 0 bridgehead atoms. The first-order chi connectivity index (χ1) is 22.9. The molecular formula is C33H35ClN8O6S. The van der Waals surface area contributed by atoms with Gasteiger partial charge in [0.05, 0.1) is 35.3 Å². The molecule has 2 amide bonds. The summed E-state index contributed by atoms with van der Waals surface area (Å²) in [5.74, 6) is -1.95. The van der Waals surface area contributed by atoms with E-state index in [1.54, 1.807) is 61.5 Å². The number of benzene rings is 3. The number of sulfonamides is 1. The molecule has 0 radical (unpaired) electrons. The third-order valence-corrected chi connectivity index (χ3v) is 9.44. The van der Waals surface area contributed by atoms with Gasteiger partial charge in [-0.3, -0.25) is 24.3 Å². The zero-order valence-electron chi connectivity index (χ0n) is 26.6. The quantitative estimate of drug-likeness (QED) is 0.0802. The number of anilines is 1. The van der Waals surface area contributed by atoms with Gasteiger partial charge in [0.25, 0.3) is 10.0 Å². The third kappa shape index (κ3) is 7.96. The Morgan fingerprint density at radius 3 is 2.43 bits per heavy atom. The van der Waals surface area contributed by atoms with Crippen LogP contribution in [0.25, 0.3) is 21.9 Å². The van der Waals surface area contributed by atoms with Crippen molar-refractivity contribution in [2.24, 2.45) is 18.5 Å². The summed E-state index contributed by atoms with van der Waals surface area (Å²) in [6, 6.07) is 18.7. The molecule has 3 aromatic carbocycles. The smallest absolute Gasteiger partial charge is 0.329 e. The van der Waals surface area contributed by atoms with Gasteiger partial charge in [-0.05, 0) is 42.8 Å². The number of amidine groups is 1. The predicted octanol–water partition coefficient (Wildman–Crippen LogP) is 2.54. The molecule has 0 fully saturated rings. The molecule has 1 atom stereocenters. The highest BCUT2D eigenvalue weighted by molar-refractivity contribution is 7.93. The van der Waals surface area contributed by atoms with Crippen LogP contribution >= 0.6 is 12.4 Å². The molecular weight excluding hydrogens is 672 g/mol. The topological polar surface area (TPSA) is 216 Å². The van der Waals surface area contributed by atoms with E-state index in [4.69, 9.17) is 26.6 Å². The van der Waals surface area contributed by atoms with Crippen molar-refractivity contribution in [3.8, 4) is 0 Å². The molecule has 0 aliphatic heterocycles. The minimum Gasteiger partial charge on any atom is -0.464 e. The molecule has 1 unspecified atom stereocenters. The highest BCUT2D eigenvalue weighted by atomic mass is 35.5. The number of aromatic nitrogens is 3. The largest absolute Gasteiger partial charge is 0.464 e. The Hall–Kier alpha value is -5.54. The molecule has 256 valence electrons. The highest BCUT2D eigenvalue weighted by Gasteiger charge is 2.32. The Morgan fingerprint density at radius 1 is 1.04 bits per heavy atom. The van der Waals surface area contributed by atoms with E-state index in [0.717, 1.165) is 9.87 Å². The second kappa shape index (κ2) is 15.1. The minimum absolute atomic E-state index is 0. The zero-order chi connectivity index (χ0) is 34.6. The number of aryl methyl sites for hydroxylation is 1. The normalized spacial score (nSPS) is 11.8. The maximum Gasteiger partial charge on any atom is 0.329 e. The Labute approximate surface area is 288 Å². The Morgan fingerprint density at radius 2 is 1.76 bits per heavy atom. The van der Waals surface area contributed by atoms with Crippen molar-refractivity contribution in [1.82, 2.24) is 19.9 Å². The Bertz CT molecular complexity index is 2150. The number of carbonyl (C=O) groups excluding carboxylic acids is 3. The average molecular weight is 707 g/mol. The molecule has 0 aliphatic rings. The van der Waals surface area contributed by atoms with Crippen molar-refractivity contribution >= 4 is 73.7 Å². The van der Waals surface area contributed by atoms with Gasteiger partial charge in [-0.2, -0.15) is 0 Å². The van der Waals surface area contributed by atoms with Crippen LogP contribution in [0.4, 0.5) is 5.69 Å². The molecule has 14 nitrogen and oxygen atoms in total. The number of nitrogens with zero attached hydrogens (tertiary/aromatic N) is 4. The number of hydrogen-bond acceptors (Lipinski definition) is 9. The van der Waals surface area contributed by atoms with Crippen molar-refractivity contribution in [2.45, 2.75) is 30.7 Å². The summed E-state index contributed by atoms with van der Waals surface area (Å²) >= 11 is 0. The molecule has 5 aromatic rings. The number of amides is 2. The van der Waals surface area contributed by atoms with Crippen LogP contribution in [0.5, 0.6) is 0 Å². The lowest BCUT2D eigenvalue weighted by Crippen LogP contribution is -2.49. The van der Waals surface area contributed by atoms with Crippen LogP contribution in [-0.2, 0) is 42.6 Å². The fourth-order valence-corrected chi connectivity index (χ4v) is 6.84. The summed E-state index contributed by atoms with van der Waals surface area (Å²) in [4.78, 5) is 46.5. The standard InChI is InChI=1S/C33H34N8O6S.ClH/c1-3-47-33(44)25(18-28(34)42)39-30(43)19-41(48(45,46)27-8-4-6-21-7-5-15-37-31(21)27)23-13-14-26-24(17-23)38-29(40(26)2)16-20-9-11-22(12-10-20)32(35)36;/h4-15,17,25H,3,16,18-19H2,1-2H3,(H2,34,42)(H3,35,36)(H,39,43);1H. The number of nitrogen functional groups attached to an aromatic ring is 1. The highest BCUT2D eigenvalue weighted by Crippen LogP contribution is 2.30. The molecule has 49 heavy (non-hydrogen) atoms. The van der Waals surface area contributed by atoms with Gasteiger partial charge in [-0.15, -0.1) is 12.4 Å². The number of nitrogens with two attached hydrogens (primary N) is 2. The van der Waals surface area contributed by atoms with Gasteiger partial charge in [0.15, 0.2) is 0 Å². The van der Waals surface area contributed by atoms with Crippen LogP contribution in [0, 0.1) is 5.41 Å². The van der Waals surface area contributed by atoms with E-state index in [2.05, 4.69) is 10.3 Å². The molecule has 0 aliphatic carbocycles.